The Morgan fingerprint density at radius 2 is 1.33 bits per heavy atom. The first-order valence-corrected chi connectivity index (χ1v) is 8.06. The lowest BCUT2D eigenvalue weighted by Crippen LogP contribution is -1.78. The average Bonchev–Trinajstić information content (AvgIpc) is 2.85. The van der Waals surface area contributed by atoms with Crippen molar-refractivity contribution in [1.82, 2.24) is 0 Å². The zero-order valence-electron chi connectivity index (χ0n) is 12.7. The Labute approximate surface area is 127 Å². The van der Waals surface area contributed by atoms with E-state index in [4.69, 9.17) is 0 Å². The van der Waals surface area contributed by atoms with Crippen LogP contribution in [0.3, 0.4) is 0 Å². The molecule has 0 radical (unpaired) electrons. The summed E-state index contributed by atoms with van der Waals surface area (Å²) in [6.07, 6.45) is 8.61. The Morgan fingerprint density at radius 1 is 0.762 bits per heavy atom. The Bertz CT molecular complexity index is 637. The number of benzene rings is 2. The highest BCUT2D eigenvalue weighted by Gasteiger charge is 2.21. The molecule has 1 aliphatic carbocycles. The first-order valence-electron chi connectivity index (χ1n) is 8.06. The number of hydrogen-bond donors (Lipinski definition) is 0. The molecule has 2 aromatic carbocycles. The first-order chi connectivity index (χ1) is 10.4. The van der Waals surface area contributed by atoms with Gasteiger partial charge in [0.2, 0.25) is 0 Å². The largest absolute Gasteiger partial charge is 0.116 e. The molecule has 0 amide bonds. The minimum Gasteiger partial charge on any atom is -0.116 e. The van der Waals surface area contributed by atoms with E-state index >= 15 is 0 Å². The maximum atomic E-state index is 3.56. The molecule has 21 heavy (non-hydrogen) atoms. The predicted octanol–water partition coefficient (Wildman–Crippen LogP) is 6.22. The molecule has 2 aromatic rings. The molecular weight excluding hydrogens is 252 g/mol. The fourth-order valence-electron chi connectivity index (χ4n) is 3.02. The third-order valence-corrected chi connectivity index (χ3v) is 4.13. The predicted molar refractivity (Wildman–Crippen MR) is 91.2 cm³/mol. The van der Waals surface area contributed by atoms with Gasteiger partial charge in [0.1, 0.15) is 0 Å². The Balaban J connectivity index is 1.90. The third kappa shape index (κ3) is 2.86. The normalized spacial score (nSPS) is 11.8. The van der Waals surface area contributed by atoms with Gasteiger partial charge in [-0.15, -0.1) is 5.73 Å². The highest BCUT2D eigenvalue weighted by molar-refractivity contribution is 6.00. The quantitative estimate of drug-likeness (QED) is 0.382. The lowest BCUT2D eigenvalue weighted by Gasteiger charge is -1.98. The summed E-state index contributed by atoms with van der Waals surface area (Å²) in [6.45, 7) is 2.25. The van der Waals surface area contributed by atoms with Crippen molar-refractivity contribution in [3.05, 3.63) is 71.5 Å². The SMILES string of the molecule is CCCCCCC=C=C1c2ccccc2-c2ccccc21. The Kier molecular flexibility index (Phi) is 4.38. The van der Waals surface area contributed by atoms with Crippen LogP contribution in [0.15, 0.2) is 60.3 Å². The number of allylic oxidation sites excluding steroid dienone is 1. The Morgan fingerprint density at radius 3 is 1.90 bits per heavy atom. The molecule has 0 N–H and O–H groups in total. The van der Waals surface area contributed by atoms with Gasteiger partial charge in [-0.05, 0) is 41.2 Å². The van der Waals surface area contributed by atoms with Crippen LogP contribution < -0.4 is 0 Å². The third-order valence-electron chi connectivity index (χ3n) is 4.13. The maximum Gasteiger partial charge on any atom is 0.0318 e. The minimum absolute atomic E-state index is 1.13. The van der Waals surface area contributed by atoms with Gasteiger partial charge in [-0.25, -0.2) is 0 Å². The van der Waals surface area contributed by atoms with E-state index in [1.807, 2.05) is 0 Å². The topological polar surface area (TPSA) is 0 Å². The second kappa shape index (κ2) is 6.61. The molecule has 0 bridgehead atoms. The van der Waals surface area contributed by atoms with Crippen molar-refractivity contribution in [2.75, 3.05) is 0 Å². The summed E-state index contributed by atoms with van der Waals surface area (Å²) in [5.41, 5.74) is 10.2. The molecule has 0 nitrogen and oxygen atoms in total. The zero-order valence-corrected chi connectivity index (χ0v) is 12.7. The van der Waals surface area contributed by atoms with Crippen molar-refractivity contribution in [2.24, 2.45) is 0 Å². The standard InChI is InChI=1S/C21H22/c1-2-3-4-5-6-7-12-17-18-13-8-10-15-20(18)21-16-11-9-14-19(17)21/h7-11,13-16H,2-6H2,1H3. The molecule has 0 spiro atoms. The highest BCUT2D eigenvalue weighted by atomic mass is 14.2. The molecule has 0 unspecified atom stereocenters. The monoisotopic (exact) mass is 274 g/mol. The lowest BCUT2D eigenvalue weighted by atomic mass is 10.0. The maximum absolute atomic E-state index is 3.56. The van der Waals surface area contributed by atoms with Crippen LogP contribution in [0.2, 0.25) is 0 Å². The van der Waals surface area contributed by atoms with Crippen LogP contribution in [0.1, 0.15) is 50.2 Å². The van der Waals surface area contributed by atoms with Crippen molar-refractivity contribution >= 4 is 5.57 Å². The molecule has 0 saturated heterocycles. The summed E-state index contributed by atoms with van der Waals surface area (Å²) >= 11 is 0. The van der Waals surface area contributed by atoms with E-state index in [2.05, 4.69) is 67.3 Å². The van der Waals surface area contributed by atoms with Crippen molar-refractivity contribution in [1.29, 1.82) is 0 Å². The van der Waals surface area contributed by atoms with Gasteiger partial charge in [-0.3, -0.25) is 0 Å². The van der Waals surface area contributed by atoms with Gasteiger partial charge in [0.15, 0.2) is 0 Å². The van der Waals surface area contributed by atoms with Crippen LogP contribution >= 0.6 is 0 Å². The van der Waals surface area contributed by atoms with Gasteiger partial charge >= 0.3 is 0 Å². The van der Waals surface area contributed by atoms with E-state index in [1.165, 1.54) is 53.5 Å². The number of hydrogen-bond acceptors (Lipinski definition) is 0. The molecule has 1 aliphatic rings. The van der Waals surface area contributed by atoms with Crippen LogP contribution in [0.5, 0.6) is 0 Å². The van der Waals surface area contributed by atoms with E-state index in [9.17, 15) is 0 Å². The fourth-order valence-corrected chi connectivity index (χ4v) is 3.02. The van der Waals surface area contributed by atoms with Crippen LogP contribution in [0, 0.1) is 0 Å². The molecule has 0 heteroatoms. The van der Waals surface area contributed by atoms with E-state index < -0.39 is 0 Å². The van der Waals surface area contributed by atoms with Gasteiger partial charge in [0, 0.05) is 5.57 Å². The van der Waals surface area contributed by atoms with E-state index in [0.29, 0.717) is 0 Å². The van der Waals surface area contributed by atoms with Crippen LogP contribution in [0.4, 0.5) is 0 Å². The summed E-state index contributed by atoms with van der Waals surface area (Å²) in [4.78, 5) is 0. The summed E-state index contributed by atoms with van der Waals surface area (Å²) in [5, 5.41) is 0. The molecule has 0 aliphatic heterocycles. The second-order valence-corrected chi connectivity index (χ2v) is 5.66. The molecule has 0 fully saturated rings. The van der Waals surface area contributed by atoms with E-state index in [-0.39, 0.29) is 0 Å². The molecule has 3 rings (SSSR count). The lowest BCUT2D eigenvalue weighted by molar-refractivity contribution is 0.675. The smallest absolute Gasteiger partial charge is 0.0318 e. The van der Waals surface area contributed by atoms with Gasteiger partial charge in [-0.2, -0.15) is 0 Å². The number of unbranched alkanes of at least 4 members (excludes halogenated alkanes) is 4. The highest BCUT2D eigenvalue weighted by Crippen LogP contribution is 2.43. The number of fused-ring (bicyclic) bond motifs is 3. The Hall–Kier alpha value is -2.04. The van der Waals surface area contributed by atoms with Crippen LogP contribution in [-0.2, 0) is 0 Å². The molecule has 106 valence electrons. The second-order valence-electron chi connectivity index (χ2n) is 5.66. The van der Waals surface area contributed by atoms with E-state index in [1.54, 1.807) is 0 Å². The minimum atomic E-state index is 1.13. The van der Waals surface area contributed by atoms with Crippen molar-refractivity contribution in [3.63, 3.8) is 0 Å². The summed E-state index contributed by atoms with van der Waals surface area (Å²) in [6, 6.07) is 17.3. The summed E-state index contributed by atoms with van der Waals surface area (Å²) in [5.74, 6) is 0. The van der Waals surface area contributed by atoms with Crippen molar-refractivity contribution < 1.29 is 0 Å². The number of rotatable bonds is 5. The summed E-state index contributed by atoms with van der Waals surface area (Å²) in [7, 11) is 0. The average molecular weight is 274 g/mol. The van der Waals surface area contributed by atoms with Crippen LogP contribution in [0.25, 0.3) is 16.7 Å². The fraction of sp³-hybridized carbons (Fsp3) is 0.286. The van der Waals surface area contributed by atoms with Gasteiger partial charge < -0.3 is 0 Å². The first kappa shape index (κ1) is 13.9. The molecule has 0 heterocycles. The van der Waals surface area contributed by atoms with Gasteiger partial charge in [0.25, 0.3) is 0 Å². The zero-order chi connectivity index (χ0) is 14.5. The van der Waals surface area contributed by atoms with Crippen LogP contribution in [-0.4, -0.2) is 0 Å². The van der Waals surface area contributed by atoms with Crippen molar-refractivity contribution in [2.45, 2.75) is 39.0 Å². The van der Waals surface area contributed by atoms with E-state index in [0.717, 1.165) is 6.42 Å². The summed E-state index contributed by atoms with van der Waals surface area (Å²) < 4.78 is 0. The molecule has 0 aromatic heterocycles. The molecule has 0 atom stereocenters. The van der Waals surface area contributed by atoms with Crippen molar-refractivity contribution in [3.8, 4) is 11.1 Å². The van der Waals surface area contributed by atoms with Gasteiger partial charge in [0.05, 0.1) is 0 Å². The molecule has 0 saturated carbocycles. The molecular formula is C21H22. The van der Waals surface area contributed by atoms with Gasteiger partial charge in [-0.1, -0.05) is 74.7 Å².